The third kappa shape index (κ3) is 5.10. The zero-order chi connectivity index (χ0) is 31.1. The number of ether oxygens (including phenoxy) is 1. The largest absolute Gasteiger partial charge is 0.449 e. The Morgan fingerprint density at radius 1 is 0.711 bits per heavy atom. The molecule has 1 atom stereocenters. The minimum atomic E-state index is -0.953. The van der Waals surface area contributed by atoms with E-state index in [1.54, 1.807) is 6.20 Å². The van der Waals surface area contributed by atoms with Crippen molar-refractivity contribution in [2.75, 3.05) is 6.61 Å². The molecule has 1 aliphatic rings. The number of alkyl carbamates (subject to hydrolysis) is 1. The Morgan fingerprint density at radius 3 is 1.84 bits per heavy atom. The molecule has 0 aliphatic heterocycles. The fourth-order valence-corrected chi connectivity index (χ4v) is 6.75. The van der Waals surface area contributed by atoms with Crippen LogP contribution in [0.15, 0.2) is 109 Å². The van der Waals surface area contributed by atoms with E-state index < -0.39 is 12.1 Å². The summed E-state index contributed by atoms with van der Waals surface area (Å²) < 4.78 is 9.63. The molecule has 0 saturated carbocycles. The molecule has 7 heteroatoms. The summed E-state index contributed by atoms with van der Waals surface area (Å²) >= 11 is 0. The second kappa shape index (κ2) is 11.6. The Hall–Kier alpha value is -5.43. The van der Waals surface area contributed by atoms with Crippen molar-refractivity contribution in [1.82, 2.24) is 14.5 Å². The van der Waals surface area contributed by atoms with Gasteiger partial charge in [-0.2, -0.15) is 0 Å². The molecule has 7 rings (SSSR count). The summed E-state index contributed by atoms with van der Waals surface area (Å²) in [4.78, 5) is 40.9. The highest BCUT2D eigenvalue weighted by Crippen LogP contribution is 2.44. The Kier molecular flexibility index (Phi) is 7.29. The topological polar surface area (TPSA) is 82.3 Å². The van der Waals surface area contributed by atoms with E-state index in [1.807, 2.05) is 102 Å². The van der Waals surface area contributed by atoms with Gasteiger partial charge in [0.2, 0.25) is 0 Å². The predicted octanol–water partition coefficient (Wildman–Crippen LogP) is 7.42. The van der Waals surface area contributed by atoms with Crippen molar-refractivity contribution in [2.45, 2.75) is 24.8 Å². The van der Waals surface area contributed by atoms with Gasteiger partial charge in [0.25, 0.3) is 0 Å². The number of para-hydroxylation sites is 2. The summed E-state index contributed by atoms with van der Waals surface area (Å²) in [6.45, 7) is 0.129. The number of hydrogen-bond donors (Lipinski definition) is 1. The van der Waals surface area contributed by atoms with Crippen LogP contribution in [0.5, 0.6) is 0 Å². The van der Waals surface area contributed by atoms with Gasteiger partial charge in [-0.15, -0.1) is 0 Å². The maximum absolute atomic E-state index is 14.1. The van der Waals surface area contributed by atoms with E-state index in [0.717, 1.165) is 44.1 Å². The number of carbonyl (C=O) groups is 3. The number of ketones is 2. The molecule has 1 amide bonds. The molecule has 2 heterocycles. The number of hydrogen-bond acceptors (Lipinski definition) is 4. The Bertz CT molecular complexity index is 2060. The summed E-state index contributed by atoms with van der Waals surface area (Å²) in [5.74, 6) is -0.453. The van der Waals surface area contributed by atoms with Crippen LogP contribution in [0.1, 0.15) is 50.6 Å². The van der Waals surface area contributed by atoms with Gasteiger partial charge in [-0.3, -0.25) is 9.59 Å². The van der Waals surface area contributed by atoms with Gasteiger partial charge in [-0.05, 0) is 40.8 Å². The molecule has 1 N–H and O–H groups in total. The molecule has 45 heavy (non-hydrogen) atoms. The number of Topliss-reactive ketones (excluding diaryl/α,β-unsaturated/α-hetero) is 2. The maximum Gasteiger partial charge on any atom is 0.407 e. The van der Waals surface area contributed by atoms with Gasteiger partial charge in [0.05, 0.1) is 6.04 Å². The highest BCUT2D eigenvalue weighted by Gasteiger charge is 2.31. The summed E-state index contributed by atoms with van der Waals surface area (Å²) in [6, 6.07) is 30.7. The standard InChI is InChI=1S/C38H33N3O4/c1-40-21-30(28-15-7-9-17-34(28)40)36(42)20-19-33(37(43)31-22-41(2)35-18-10-8-16-29(31)35)39-38(44)45-23-32-26-13-5-3-11-24(26)25-12-4-6-14-27(25)32/h3-18,21-22,32-33H,19-20,23H2,1-2H3,(H,39,44)/t33-/m0/s1. The number of amides is 1. The normalized spacial score (nSPS) is 13.0. The number of aromatic nitrogens is 2. The molecule has 4 aromatic carbocycles. The fraction of sp³-hybridized carbons (Fsp3) is 0.184. The smallest absolute Gasteiger partial charge is 0.407 e. The van der Waals surface area contributed by atoms with Gasteiger partial charge >= 0.3 is 6.09 Å². The van der Waals surface area contributed by atoms with Crippen LogP contribution in [-0.4, -0.2) is 39.4 Å². The molecule has 0 saturated heterocycles. The van der Waals surface area contributed by atoms with Crippen molar-refractivity contribution in [3.8, 4) is 11.1 Å². The molecular weight excluding hydrogens is 562 g/mol. The third-order valence-corrected chi connectivity index (χ3v) is 8.97. The molecule has 0 bridgehead atoms. The highest BCUT2D eigenvalue weighted by molar-refractivity contribution is 6.12. The minimum Gasteiger partial charge on any atom is -0.449 e. The average molecular weight is 596 g/mol. The van der Waals surface area contributed by atoms with Crippen LogP contribution in [0.3, 0.4) is 0 Å². The minimum absolute atomic E-state index is 0.0822. The van der Waals surface area contributed by atoms with Crippen LogP contribution in [0.4, 0.5) is 4.79 Å². The van der Waals surface area contributed by atoms with Gasteiger partial charge in [0.1, 0.15) is 6.61 Å². The number of benzene rings is 4. The van der Waals surface area contributed by atoms with Crippen molar-refractivity contribution in [3.05, 3.63) is 132 Å². The van der Waals surface area contributed by atoms with Crippen LogP contribution in [-0.2, 0) is 18.8 Å². The Balaban J connectivity index is 1.12. The number of carbonyl (C=O) groups excluding carboxylic acids is 3. The summed E-state index contributed by atoms with van der Waals surface area (Å²) in [7, 11) is 3.79. The molecule has 0 spiro atoms. The van der Waals surface area contributed by atoms with Gasteiger partial charge in [0.15, 0.2) is 11.6 Å². The SMILES string of the molecule is Cn1cc(C(=O)CC[C@H](NC(=O)OCC2c3ccccc3-c3ccccc32)C(=O)c2cn(C)c3ccccc23)c2ccccc21. The first kappa shape index (κ1) is 28.3. The second-order valence-corrected chi connectivity index (χ2v) is 11.7. The van der Waals surface area contributed by atoms with Crippen molar-refractivity contribution >= 4 is 39.5 Å². The quantitative estimate of drug-likeness (QED) is 0.176. The lowest BCUT2D eigenvalue weighted by Gasteiger charge is -2.19. The first-order chi connectivity index (χ1) is 21.9. The third-order valence-electron chi connectivity index (χ3n) is 8.97. The van der Waals surface area contributed by atoms with Gasteiger partial charge in [-0.25, -0.2) is 4.79 Å². The molecule has 6 aromatic rings. The highest BCUT2D eigenvalue weighted by atomic mass is 16.5. The number of rotatable bonds is 9. The predicted molar refractivity (Wildman–Crippen MR) is 176 cm³/mol. The zero-order valence-corrected chi connectivity index (χ0v) is 25.2. The lowest BCUT2D eigenvalue weighted by molar-refractivity contribution is 0.0898. The number of aryl methyl sites for hydroxylation is 2. The van der Waals surface area contributed by atoms with Crippen LogP contribution < -0.4 is 5.32 Å². The lowest BCUT2D eigenvalue weighted by Crippen LogP contribution is -2.42. The average Bonchev–Trinajstić information content (AvgIpc) is 3.71. The fourth-order valence-electron chi connectivity index (χ4n) is 6.75. The van der Waals surface area contributed by atoms with E-state index >= 15 is 0 Å². The van der Waals surface area contributed by atoms with E-state index in [1.165, 1.54) is 0 Å². The Morgan fingerprint density at radius 2 is 1.22 bits per heavy atom. The zero-order valence-electron chi connectivity index (χ0n) is 25.2. The van der Waals surface area contributed by atoms with E-state index in [0.29, 0.717) is 11.1 Å². The van der Waals surface area contributed by atoms with Crippen LogP contribution in [0.25, 0.3) is 32.9 Å². The van der Waals surface area contributed by atoms with Crippen molar-refractivity contribution < 1.29 is 19.1 Å². The van der Waals surface area contributed by atoms with E-state index in [4.69, 9.17) is 4.74 Å². The van der Waals surface area contributed by atoms with Crippen molar-refractivity contribution in [3.63, 3.8) is 0 Å². The van der Waals surface area contributed by atoms with Crippen LogP contribution in [0.2, 0.25) is 0 Å². The first-order valence-electron chi connectivity index (χ1n) is 15.2. The molecule has 1 aliphatic carbocycles. The number of fused-ring (bicyclic) bond motifs is 5. The maximum atomic E-state index is 14.1. The molecule has 0 fully saturated rings. The van der Waals surface area contributed by atoms with Gasteiger partial charge < -0.3 is 19.2 Å². The van der Waals surface area contributed by atoms with E-state index in [9.17, 15) is 14.4 Å². The summed E-state index contributed by atoms with van der Waals surface area (Å²) in [5, 5.41) is 4.50. The molecule has 224 valence electrons. The van der Waals surface area contributed by atoms with E-state index in [2.05, 4.69) is 29.6 Å². The van der Waals surface area contributed by atoms with Crippen LogP contribution in [0, 0.1) is 0 Å². The van der Waals surface area contributed by atoms with Gasteiger partial charge in [0, 0.05) is 71.8 Å². The van der Waals surface area contributed by atoms with Crippen LogP contribution >= 0.6 is 0 Å². The Labute approximate surface area is 261 Å². The van der Waals surface area contributed by atoms with Crippen molar-refractivity contribution in [2.24, 2.45) is 14.1 Å². The monoisotopic (exact) mass is 595 g/mol. The van der Waals surface area contributed by atoms with Crippen molar-refractivity contribution in [1.29, 1.82) is 0 Å². The van der Waals surface area contributed by atoms with E-state index in [-0.39, 0.29) is 36.9 Å². The molecular formula is C38H33N3O4. The second-order valence-electron chi connectivity index (χ2n) is 11.7. The molecule has 0 radical (unpaired) electrons. The first-order valence-corrected chi connectivity index (χ1v) is 15.2. The number of nitrogens with zero attached hydrogens (tertiary/aromatic N) is 2. The summed E-state index contributed by atoms with van der Waals surface area (Å²) in [5.41, 5.74) is 7.45. The summed E-state index contributed by atoms with van der Waals surface area (Å²) in [6.07, 6.45) is 3.14. The lowest BCUT2D eigenvalue weighted by atomic mass is 9.96. The van der Waals surface area contributed by atoms with Gasteiger partial charge in [-0.1, -0.05) is 84.9 Å². The molecule has 7 nitrogen and oxygen atoms in total. The molecule has 0 unspecified atom stereocenters. The number of nitrogens with one attached hydrogen (secondary N) is 1. The molecule has 2 aromatic heterocycles.